The average molecular weight is 407 g/mol. The lowest BCUT2D eigenvalue weighted by atomic mass is 10.1. The van der Waals surface area contributed by atoms with Crippen LogP contribution in [0, 0.1) is 37.5 Å². The Morgan fingerprint density at radius 1 is 0.900 bits per heavy atom. The van der Waals surface area contributed by atoms with Gasteiger partial charge in [-0.15, -0.1) is 6.42 Å². The van der Waals surface area contributed by atoms with E-state index in [0.29, 0.717) is 16.3 Å². The molecule has 0 atom stereocenters. The minimum Gasteiger partial charge on any atom is -0.241 e. The summed E-state index contributed by atoms with van der Waals surface area (Å²) in [6, 6.07) is 20.8. The molecule has 0 unspecified atom stereocenters. The van der Waals surface area contributed by atoms with Crippen molar-refractivity contribution in [3.63, 3.8) is 0 Å². The van der Waals surface area contributed by atoms with Gasteiger partial charge in [-0.05, 0) is 42.7 Å². The zero-order valence-electron chi connectivity index (χ0n) is 17.1. The van der Waals surface area contributed by atoms with Gasteiger partial charge >= 0.3 is 0 Å². The second-order valence-electron chi connectivity index (χ2n) is 6.91. The van der Waals surface area contributed by atoms with Crippen molar-refractivity contribution in [2.24, 2.45) is 0 Å². The van der Waals surface area contributed by atoms with Gasteiger partial charge in [0, 0.05) is 0 Å². The van der Waals surface area contributed by atoms with Gasteiger partial charge in [-0.1, -0.05) is 95.6 Å². The van der Waals surface area contributed by atoms with Gasteiger partial charge in [0.15, 0.2) is 0 Å². The molecule has 0 amide bonds. The lowest BCUT2D eigenvalue weighted by Gasteiger charge is -2.07. The molecule has 3 aromatic rings. The minimum absolute atomic E-state index is 0.466. The monoisotopic (exact) mass is 406 g/mol. The van der Waals surface area contributed by atoms with Crippen LogP contribution in [-0.4, -0.2) is 10.7 Å². The van der Waals surface area contributed by atoms with E-state index in [0.717, 1.165) is 22.4 Å². The number of benzene rings is 2. The Kier molecular flexibility index (Phi) is 7.28. The topological polar surface area (TPSA) is 36.7 Å². The van der Waals surface area contributed by atoms with Crippen LogP contribution in [0.15, 0.2) is 59.6 Å². The highest BCUT2D eigenvalue weighted by atomic mass is 32.2. The number of terminal acetylenes is 1. The molecule has 3 heteroatoms. The number of nitriles is 1. The van der Waals surface area contributed by atoms with Crippen molar-refractivity contribution in [1.82, 2.24) is 4.98 Å². The second-order valence-corrected chi connectivity index (χ2v) is 7.87. The van der Waals surface area contributed by atoms with E-state index in [2.05, 4.69) is 79.4 Å². The summed E-state index contributed by atoms with van der Waals surface area (Å²) in [7, 11) is 0. The van der Waals surface area contributed by atoms with E-state index in [1.165, 1.54) is 22.9 Å². The molecule has 0 aliphatic rings. The number of hydrogen-bond donors (Lipinski definition) is 0. The maximum Gasteiger partial charge on any atom is 0.116 e. The lowest BCUT2D eigenvalue weighted by molar-refractivity contribution is 1.09. The van der Waals surface area contributed by atoms with Crippen LogP contribution >= 0.6 is 11.8 Å². The molecule has 0 bridgehead atoms. The fourth-order valence-corrected chi connectivity index (χ4v) is 3.52. The summed E-state index contributed by atoms with van der Waals surface area (Å²) < 4.78 is 0. The third-order valence-corrected chi connectivity index (χ3v) is 5.38. The molecule has 2 nitrogen and oxygen atoms in total. The van der Waals surface area contributed by atoms with Crippen molar-refractivity contribution in [1.29, 1.82) is 5.26 Å². The first-order chi connectivity index (χ1) is 14.6. The van der Waals surface area contributed by atoms with Gasteiger partial charge in [-0.25, -0.2) is 4.98 Å². The number of aryl methyl sites for hydroxylation is 2. The fraction of sp³-hybridized carbons (Fsp3) is 0.111. The summed E-state index contributed by atoms with van der Waals surface area (Å²) >= 11 is 1.41. The number of thioether (sulfide) groups is 1. The summed E-state index contributed by atoms with van der Waals surface area (Å²) in [5.74, 6) is 3.08. The predicted molar refractivity (Wildman–Crippen MR) is 129 cm³/mol. The highest BCUT2D eigenvalue weighted by Crippen LogP contribution is 2.26. The van der Waals surface area contributed by atoms with Crippen LogP contribution in [0.4, 0.5) is 0 Å². The van der Waals surface area contributed by atoms with Crippen molar-refractivity contribution < 1.29 is 0 Å². The summed E-state index contributed by atoms with van der Waals surface area (Å²) in [4.78, 5) is 4.67. The van der Waals surface area contributed by atoms with Gasteiger partial charge < -0.3 is 0 Å². The van der Waals surface area contributed by atoms with Gasteiger partial charge in [0.1, 0.15) is 11.1 Å². The second kappa shape index (κ2) is 10.3. The molecule has 2 aromatic carbocycles. The summed E-state index contributed by atoms with van der Waals surface area (Å²) in [5, 5.41) is 10.4. The standard InChI is InChI=1S/C27H22N2S/c1-4-17-30-27-26(19-28)24(15-13-22-9-5-20(2)6-10-22)18-25(29-27)16-14-23-11-7-21(3)8-12-23/h1,5-16,18H,17H2,2-3H3/b15-13?,16-14+. The molecule has 146 valence electrons. The van der Waals surface area contributed by atoms with E-state index in [1.54, 1.807) is 0 Å². The molecular formula is C27H22N2S. The number of pyridine rings is 1. The Bertz CT molecular complexity index is 1160. The first-order valence-electron chi connectivity index (χ1n) is 9.60. The molecule has 0 aliphatic carbocycles. The van der Waals surface area contributed by atoms with Gasteiger partial charge in [0.2, 0.25) is 0 Å². The lowest BCUT2D eigenvalue weighted by Crippen LogP contribution is -1.95. The van der Waals surface area contributed by atoms with Gasteiger partial charge in [0.05, 0.1) is 17.0 Å². The molecule has 30 heavy (non-hydrogen) atoms. The Morgan fingerprint density at radius 2 is 1.47 bits per heavy atom. The number of hydrogen-bond acceptors (Lipinski definition) is 3. The van der Waals surface area contributed by atoms with E-state index in [1.807, 2.05) is 30.4 Å². The smallest absolute Gasteiger partial charge is 0.116 e. The normalized spacial score (nSPS) is 10.9. The Hall–Kier alpha value is -3.53. The third-order valence-electron chi connectivity index (χ3n) is 4.50. The molecule has 0 aliphatic heterocycles. The molecule has 0 spiro atoms. The summed E-state index contributed by atoms with van der Waals surface area (Å²) in [5.41, 5.74) is 6.78. The van der Waals surface area contributed by atoms with Crippen LogP contribution in [0.2, 0.25) is 0 Å². The molecule has 0 saturated heterocycles. The van der Waals surface area contributed by atoms with E-state index in [9.17, 15) is 5.26 Å². The van der Waals surface area contributed by atoms with Crippen LogP contribution in [0.1, 0.15) is 39.1 Å². The van der Waals surface area contributed by atoms with Crippen molar-refractivity contribution in [3.8, 4) is 18.4 Å². The average Bonchev–Trinajstić information content (AvgIpc) is 2.76. The van der Waals surface area contributed by atoms with Crippen molar-refractivity contribution in [2.75, 3.05) is 5.75 Å². The highest BCUT2D eigenvalue weighted by Gasteiger charge is 2.10. The van der Waals surface area contributed by atoms with Gasteiger partial charge in [-0.2, -0.15) is 5.26 Å². The quantitative estimate of drug-likeness (QED) is 0.340. The van der Waals surface area contributed by atoms with E-state index in [-0.39, 0.29) is 0 Å². The molecule has 1 aromatic heterocycles. The fourth-order valence-electron chi connectivity index (χ4n) is 2.83. The summed E-state index contributed by atoms with van der Waals surface area (Å²) in [6.07, 6.45) is 13.4. The molecule has 0 N–H and O–H groups in total. The van der Waals surface area contributed by atoms with Gasteiger partial charge in [-0.3, -0.25) is 0 Å². The predicted octanol–water partition coefficient (Wildman–Crippen LogP) is 6.64. The number of rotatable bonds is 6. The van der Waals surface area contributed by atoms with Crippen molar-refractivity contribution in [3.05, 3.63) is 93.7 Å². The number of aromatic nitrogens is 1. The maximum atomic E-state index is 9.75. The van der Waals surface area contributed by atoms with Crippen LogP contribution in [0.3, 0.4) is 0 Å². The molecule has 0 fully saturated rings. The van der Waals surface area contributed by atoms with E-state index in [4.69, 9.17) is 6.42 Å². The van der Waals surface area contributed by atoms with E-state index < -0.39 is 0 Å². The zero-order chi connectivity index (χ0) is 21.3. The van der Waals surface area contributed by atoms with Crippen LogP contribution in [0.25, 0.3) is 24.3 Å². The Morgan fingerprint density at radius 3 is 2.00 bits per heavy atom. The van der Waals surface area contributed by atoms with E-state index >= 15 is 0 Å². The maximum absolute atomic E-state index is 9.75. The minimum atomic E-state index is 0.466. The van der Waals surface area contributed by atoms with Crippen LogP contribution in [0.5, 0.6) is 0 Å². The number of nitrogens with zero attached hydrogens (tertiary/aromatic N) is 2. The Balaban J connectivity index is 1.99. The molecular weight excluding hydrogens is 384 g/mol. The Labute approximate surface area is 183 Å². The first-order valence-corrected chi connectivity index (χ1v) is 10.6. The van der Waals surface area contributed by atoms with Gasteiger partial charge in [0.25, 0.3) is 0 Å². The molecule has 0 radical (unpaired) electrons. The molecule has 1 heterocycles. The molecule has 0 saturated carbocycles. The van der Waals surface area contributed by atoms with Crippen LogP contribution in [-0.2, 0) is 0 Å². The third kappa shape index (κ3) is 5.74. The van der Waals surface area contributed by atoms with Crippen molar-refractivity contribution >= 4 is 36.1 Å². The van der Waals surface area contributed by atoms with Crippen LogP contribution < -0.4 is 0 Å². The molecule has 3 rings (SSSR count). The highest BCUT2D eigenvalue weighted by molar-refractivity contribution is 7.99. The zero-order valence-corrected chi connectivity index (χ0v) is 17.9. The largest absolute Gasteiger partial charge is 0.241 e. The van der Waals surface area contributed by atoms with Crippen molar-refractivity contribution in [2.45, 2.75) is 18.9 Å². The first kappa shape index (κ1) is 21.2. The SMILES string of the molecule is C#CCSc1nc(/C=C/c2ccc(C)cc2)cc(C=Cc2ccc(C)cc2)c1C#N. The summed E-state index contributed by atoms with van der Waals surface area (Å²) in [6.45, 7) is 4.13.